The number of methoxy groups -OCH3 is 1. The zero-order chi connectivity index (χ0) is 10.7. The quantitative estimate of drug-likeness (QED) is 0.531. The molecule has 0 aliphatic rings. The van der Waals surface area contributed by atoms with E-state index in [0.717, 1.165) is 18.7 Å². The topological polar surface area (TPSA) is 35.1 Å². The molecule has 1 aromatic heterocycles. The summed E-state index contributed by atoms with van der Waals surface area (Å²) in [5.41, 5.74) is 1.05. The fourth-order valence-electron chi connectivity index (χ4n) is 1.49. The van der Waals surface area contributed by atoms with Crippen LogP contribution in [-0.2, 0) is 18.3 Å². The van der Waals surface area contributed by atoms with E-state index in [4.69, 9.17) is 4.74 Å². The maximum atomic E-state index is 11.5. The van der Waals surface area contributed by atoms with E-state index in [1.54, 1.807) is 0 Å². The maximum Gasteiger partial charge on any atom is 0.421 e. The van der Waals surface area contributed by atoms with Crippen molar-refractivity contribution in [3.8, 4) is 0 Å². The Balaban J connectivity index is 3.15. The molecule has 1 aromatic rings. The van der Waals surface area contributed by atoms with Gasteiger partial charge in [-0.25, -0.2) is 13.9 Å². The molecule has 78 valence electrons. The van der Waals surface area contributed by atoms with E-state index in [0.29, 0.717) is 5.82 Å². The second-order valence-electron chi connectivity index (χ2n) is 3.34. The van der Waals surface area contributed by atoms with Gasteiger partial charge in [-0.2, -0.15) is 0 Å². The van der Waals surface area contributed by atoms with Gasteiger partial charge in [0.2, 0.25) is 0 Å². The number of imidazole rings is 1. The molecule has 0 spiro atoms. The van der Waals surface area contributed by atoms with E-state index in [1.165, 1.54) is 7.11 Å². The Hall–Kier alpha value is -1.32. The number of hydrogen-bond donors (Lipinski definition) is 0. The van der Waals surface area contributed by atoms with Crippen LogP contribution in [0.5, 0.6) is 0 Å². The van der Waals surface area contributed by atoms with Gasteiger partial charge >= 0.3 is 11.8 Å². The van der Waals surface area contributed by atoms with Gasteiger partial charge in [0.25, 0.3) is 0 Å². The first kappa shape index (κ1) is 10.8. The summed E-state index contributed by atoms with van der Waals surface area (Å²) in [6.45, 7) is 4.89. The molecule has 0 bridgehead atoms. The zero-order valence-corrected chi connectivity index (χ0v) is 9.20. The number of carbonyl (C=O) groups is 1. The average Bonchev–Trinajstić information content (AvgIpc) is 2.43. The highest BCUT2D eigenvalue weighted by molar-refractivity contribution is 5.83. The van der Waals surface area contributed by atoms with Gasteiger partial charge in [-0.3, -0.25) is 0 Å². The molecule has 14 heavy (non-hydrogen) atoms. The lowest BCUT2D eigenvalue weighted by Crippen LogP contribution is -2.39. The Bertz CT molecular complexity index is 342. The third kappa shape index (κ3) is 1.78. The van der Waals surface area contributed by atoms with Crippen molar-refractivity contribution in [3.63, 3.8) is 0 Å². The molecule has 4 nitrogen and oxygen atoms in total. The van der Waals surface area contributed by atoms with Crippen molar-refractivity contribution in [3.05, 3.63) is 17.7 Å². The Morgan fingerprint density at radius 2 is 2.29 bits per heavy atom. The Kier molecular flexibility index (Phi) is 3.28. The van der Waals surface area contributed by atoms with Crippen molar-refractivity contribution in [1.29, 1.82) is 0 Å². The highest BCUT2D eigenvalue weighted by Crippen LogP contribution is 2.01. The Morgan fingerprint density at radius 1 is 1.64 bits per heavy atom. The standard InChI is InChI=1S/C10H17N2O2/c1-5-6-12-7-8(2)11(3)9(12)10(13)14-4/h7H,5-6H2,1-4H3/q+1. The smallest absolute Gasteiger partial charge is 0.421 e. The molecule has 0 unspecified atom stereocenters. The first-order chi connectivity index (χ1) is 6.61. The molecule has 1 rings (SSSR count). The first-order valence-corrected chi connectivity index (χ1v) is 4.75. The number of ether oxygens (including phenoxy) is 1. The number of rotatable bonds is 3. The number of aromatic nitrogens is 2. The highest BCUT2D eigenvalue weighted by atomic mass is 16.5. The van der Waals surface area contributed by atoms with Crippen LogP contribution in [0.3, 0.4) is 0 Å². The molecule has 0 saturated carbocycles. The largest absolute Gasteiger partial charge is 0.460 e. The van der Waals surface area contributed by atoms with E-state index in [9.17, 15) is 4.79 Å². The van der Waals surface area contributed by atoms with Crippen molar-refractivity contribution in [2.24, 2.45) is 7.05 Å². The van der Waals surface area contributed by atoms with Crippen LogP contribution in [0.15, 0.2) is 6.20 Å². The number of hydrogen-bond acceptors (Lipinski definition) is 2. The van der Waals surface area contributed by atoms with Crippen LogP contribution >= 0.6 is 0 Å². The van der Waals surface area contributed by atoms with Crippen LogP contribution in [0, 0.1) is 6.92 Å². The summed E-state index contributed by atoms with van der Waals surface area (Å²) in [5.74, 6) is 0.320. The van der Waals surface area contributed by atoms with Crippen LogP contribution in [0.2, 0.25) is 0 Å². The molecule has 0 aromatic carbocycles. The molecule has 0 atom stereocenters. The molecule has 1 heterocycles. The Morgan fingerprint density at radius 3 is 2.79 bits per heavy atom. The van der Waals surface area contributed by atoms with Crippen LogP contribution in [-0.4, -0.2) is 17.6 Å². The third-order valence-electron chi connectivity index (χ3n) is 2.29. The molecule has 0 saturated heterocycles. The molecule has 0 N–H and O–H groups in total. The predicted octanol–water partition coefficient (Wildman–Crippen LogP) is 0.818. The normalized spacial score (nSPS) is 10.3. The minimum atomic E-state index is -0.283. The van der Waals surface area contributed by atoms with Gasteiger partial charge in [0.1, 0.15) is 11.9 Å². The van der Waals surface area contributed by atoms with E-state index in [1.807, 2.05) is 29.3 Å². The summed E-state index contributed by atoms with van der Waals surface area (Å²) in [4.78, 5) is 11.5. The molecule has 0 amide bonds. The van der Waals surface area contributed by atoms with Crippen molar-refractivity contribution >= 4 is 5.97 Å². The molecule has 0 radical (unpaired) electrons. The van der Waals surface area contributed by atoms with Gasteiger partial charge in [0.05, 0.1) is 20.7 Å². The monoisotopic (exact) mass is 197 g/mol. The van der Waals surface area contributed by atoms with Gasteiger partial charge in [-0.1, -0.05) is 6.92 Å². The molecular formula is C10H17N2O2+. The third-order valence-corrected chi connectivity index (χ3v) is 2.29. The van der Waals surface area contributed by atoms with Gasteiger partial charge in [-0.15, -0.1) is 0 Å². The molecule has 4 heteroatoms. The van der Waals surface area contributed by atoms with E-state index in [2.05, 4.69) is 6.92 Å². The van der Waals surface area contributed by atoms with Crippen molar-refractivity contribution in [2.45, 2.75) is 26.8 Å². The van der Waals surface area contributed by atoms with Crippen molar-refractivity contribution < 1.29 is 14.1 Å². The fourth-order valence-corrected chi connectivity index (χ4v) is 1.49. The van der Waals surface area contributed by atoms with Gasteiger partial charge in [-0.05, 0) is 6.42 Å². The Labute approximate surface area is 84.1 Å². The zero-order valence-electron chi connectivity index (χ0n) is 9.20. The maximum absolute atomic E-state index is 11.5. The van der Waals surface area contributed by atoms with Crippen LogP contribution in [0.25, 0.3) is 0 Å². The summed E-state index contributed by atoms with van der Waals surface area (Å²) < 4.78 is 8.52. The van der Waals surface area contributed by atoms with E-state index >= 15 is 0 Å². The lowest BCUT2D eigenvalue weighted by atomic mass is 10.4. The molecule has 0 aliphatic carbocycles. The van der Waals surface area contributed by atoms with Crippen molar-refractivity contribution in [1.82, 2.24) is 4.57 Å². The highest BCUT2D eigenvalue weighted by Gasteiger charge is 2.25. The predicted molar refractivity (Wildman–Crippen MR) is 52.0 cm³/mol. The summed E-state index contributed by atoms with van der Waals surface area (Å²) in [6, 6.07) is 0. The van der Waals surface area contributed by atoms with Crippen LogP contribution < -0.4 is 4.57 Å². The second-order valence-corrected chi connectivity index (χ2v) is 3.34. The minimum absolute atomic E-state index is 0.283. The first-order valence-electron chi connectivity index (χ1n) is 4.75. The lowest BCUT2D eigenvalue weighted by molar-refractivity contribution is -0.698. The van der Waals surface area contributed by atoms with E-state index in [-0.39, 0.29) is 5.97 Å². The van der Waals surface area contributed by atoms with Gasteiger partial charge in [0, 0.05) is 6.92 Å². The van der Waals surface area contributed by atoms with E-state index < -0.39 is 0 Å². The minimum Gasteiger partial charge on any atom is -0.460 e. The summed E-state index contributed by atoms with van der Waals surface area (Å²) in [7, 11) is 3.27. The number of nitrogens with zero attached hydrogens (tertiary/aromatic N) is 2. The SMILES string of the molecule is CCC[n+]1cc(C)n(C)c1C(=O)OC. The summed E-state index contributed by atoms with van der Waals surface area (Å²) in [6.07, 6.45) is 2.97. The number of aryl methyl sites for hydroxylation is 2. The van der Waals surface area contributed by atoms with Gasteiger partial charge in [0.15, 0.2) is 0 Å². The number of carbonyl (C=O) groups excluding carboxylic acids is 1. The average molecular weight is 197 g/mol. The molecule has 0 fully saturated rings. The second kappa shape index (κ2) is 4.26. The number of esters is 1. The molecular weight excluding hydrogens is 180 g/mol. The van der Waals surface area contributed by atoms with Crippen molar-refractivity contribution in [2.75, 3.05) is 7.11 Å². The molecule has 0 aliphatic heterocycles. The lowest BCUT2D eigenvalue weighted by Gasteiger charge is -1.98. The summed E-state index contributed by atoms with van der Waals surface area (Å²) >= 11 is 0. The van der Waals surface area contributed by atoms with Crippen LogP contribution in [0.1, 0.15) is 29.7 Å². The fraction of sp³-hybridized carbons (Fsp3) is 0.600. The van der Waals surface area contributed by atoms with Gasteiger partial charge < -0.3 is 4.74 Å². The summed E-state index contributed by atoms with van der Waals surface area (Å²) in [5, 5.41) is 0. The van der Waals surface area contributed by atoms with Crippen LogP contribution in [0.4, 0.5) is 0 Å².